The van der Waals surface area contributed by atoms with Gasteiger partial charge in [-0.2, -0.15) is 0 Å². The molecule has 1 heterocycles. The highest BCUT2D eigenvalue weighted by Crippen LogP contribution is 2.26. The number of halogens is 1. The number of nitrogen functional groups attached to an aromatic ring is 1. The van der Waals surface area contributed by atoms with E-state index in [2.05, 4.69) is 10.3 Å². The van der Waals surface area contributed by atoms with Crippen molar-refractivity contribution < 1.29 is 0 Å². The Morgan fingerprint density at radius 3 is 2.76 bits per heavy atom. The summed E-state index contributed by atoms with van der Waals surface area (Å²) in [5.74, 6) is 0.534. The van der Waals surface area contributed by atoms with Crippen LogP contribution in [0.5, 0.6) is 0 Å². The highest BCUT2D eigenvalue weighted by molar-refractivity contribution is 6.30. The van der Waals surface area contributed by atoms with E-state index in [1.165, 1.54) is 0 Å². The number of hydrogen-bond acceptors (Lipinski definition) is 3. The number of aromatic nitrogens is 1. The molecule has 0 radical (unpaired) electrons. The minimum atomic E-state index is 0.00222. The van der Waals surface area contributed by atoms with Gasteiger partial charge in [-0.3, -0.25) is 0 Å². The fourth-order valence-corrected chi connectivity index (χ4v) is 2.06. The number of nitrogens with two attached hydrogens (primary N) is 1. The predicted octanol–water partition coefficient (Wildman–Crippen LogP) is 2.63. The van der Waals surface area contributed by atoms with E-state index in [0.29, 0.717) is 10.8 Å². The number of nitrogens with one attached hydrogen (secondary N) is 1. The number of anilines is 1. The van der Waals surface area contributed by atoms with Crippen LogP contribution in [0.1, 0.15) is 17.2 Å². The van der Waals surface area contributed by atoms with Crippen molar-refractivity contribution in [2.24, 2.45) is 0 Å². The molecular weight excluding hydrogens is 234 g/mol. The zero-order valence-corrected chi connectivity index (χ0v) is 10.3. The molecule has 1 aromatic carbocycles. The van der Waals surface area contributed by atoms with Gasteiger partial charge in [0, 0.05) is 16.8 Å². The van der Waals surface area contributed by atoms with Gasteiger partial charge in [0.25, 0.3) is 0 Å². The Balaban J connectivity index is 2.44. The zero-order chi connectivity index (χ0) is 12.3. The molecule has 88 valence electrons. The van der Waals surface area contributed by atoms with E-state index in [9.17, 15) is 0 Å². The van der Waals surface area contributed by atoms with Gasteiger partial charge < -0.3 is 11.1 Å². The van der Waals surface area contributed by atoms with Crippen LogP contribution in [-0.4, -0.2) is 12.0 Å². The molecule has 17 heavy (non-hydrogen) atoms. The number of nitrogens with zero attached hydrogens (tertiary/aromatic N) is 1. The van der Waals surface area contributed by atoms with Gasteiger partial charge in [0.05, 0.1) is 6.04 Å². The number of benzene rings is 1. The van der Waals surface area contributed by atoms with Crippen LogP contribution in [0.15, 0.2) is 42.6 Å². The SMILES string of the molecule is CNC(c1cccc(Cl)c1)c1cccnc1N. The molecular formula is C13H14ClN3. The molecule has 3 N–H and O–H groups in total. The number of hydrogen-bond donors (Lipinski definition) is 2. The summed E-state index contributed by atoms with van der Waals surface area (Å²) in [5, 5.41) is 3.94. The Labute approximate surface area is 106 Å². The lowest BCUT2D eigenvalue weighted by Gasteiger charge is -2.18. The first kappa shape index (κ1) is 11.9. The second-order valence-electron chi connectivity index (χ2n) is 3.75. The van der Waals surface area contributed by atoms with E-state index in [0.717, 1.165) is 11.1 Å². The molecule has 1 atom stereocenters. The fourth-order valence-electron chi connectivity index (χ4n) is 1.86. The monoisotopic (exact) mass is 247 g/mol. The summed E-state index contributed by atoms with van der Waals surface area (Å²) in [7, 11) is 1.89. The third-order valence-electron chi connectivity index (χ3n) is 2.65. The van der Waals surface area contributed by atoms with Crippen molar-refractivity contribution in [3.8, 4) is 0 Å². The maximum Gasteiger partial charge on any atom is 0.128 e. The lowest BCUT2D eigenvalue weighted by molar-refractivity contribution is 0.691. The van der Waals surface area contributed by atoms with Crippen LogP contribution in [0, 0.1) is 0 Å². The molecule has 4 heteroatoms. The summed E-state index contributed by atoms with van der Waals surface area (Å²) in [6.07, 6.45) is 1.68. The normalized spacial score (nSPS) is 12.4. The van der Waals surface area contributed by atoms with Gasteiger partial charge in [-0.1, -0.05) is 29.8 Å². The molecule has 0 bridgehead atoms. The standard InChI is InChI=1S/C13H14ClN3/c1-16-12(9-4-2-5-10(14)8-9)11-6-3-7-17-13(11)15/h2-8,12,16H,1H3,(H2,15,17). The molecule has 1 unspecified atom stereocenters. The third kappa shape index (κ3) is 2.57. The molecule has 0 saturated carbocycles. The number of rotatable bonds is 3. The molecule has 1 aromatic heterocycles. The van der Waals surface area contributed by atoms with Crippen molar-refractivity contribution in [1.29, 1.82) is 0 Å². The van der Waals surface area contributed by atoms with Gasteiger partial charge in [0.2, 0.25) is 0 Å². The first-order valence-corrected chi connectivity index (χ1v) is 5.73. The lowest BCUT2D eigenvalue weighted by Crippen LogP contribution is -2.19. The van der Waals surface area contributed by atoms with Gasteiger partial charge in [-0.25, -0.2) is 4.98 Å². The summed E-state index contributed by atoms with van der Waals surface area (Å²) in [6.45, 7) is 0. The summed E-state index contributed by atoms with van der Waals surface area (Å²) in [6, 6.07) is 11.6. The van der Waals surface area contributed by atoms with Gasteiger partial charge in [0.15, 0.2) is 0 Å². The predicted molar refractivity (Wildman–Crippen MR) is 71.0 cm³/mol. The van der Waals surface area contributed by atoms with Crippen molar-refractivity contribution in [2.45, 2.75) is 6.04 Å². The van der Waals surface area contributed by atoms with E-state index in [-0.39, 0.29) is 6.04 Å². The molecule has 3 nitrogen and oxygen atoms in total. The van der Waals surface area contributed by atoms with Crippen molar-refractivity contribution in [1.82, 2.24) is 10.3 Å². The molecule has 0 spiro atoms. The van der Waals surface area contributed by atoms with Gasteiger partial charge in [0.1, 0.15) is 5.82 Å². The van der Waals surface area contributed by atoms with Crippen LogP contribution in [0.25, 0.3) is 0 Å². The minimum absolute atomic E-state index is 0.00222. The van der Waals surface area contributed by atoms with E-state index < -0.39 is 0 Å². The highest BCUT2D eigenvalue weighted by atomic mass is 35.5. The van der Waals surface area contributed by atoms with Crippen LogP contribution in [0.4, 0.5) is 5.82 Å². The van der Waals surface area contributed by atoms with Gasteiger partial charge in [-0.05, 0) is 30.8 Å². The topological polar surface area (TPSA) is 50.9 Å². The molecule has 0 amide bonds. The summed E-state index contributed by atoms with van der Waals surface area (Å²) in [5.41, 5.74) is 7.91. The van der Waals surface area contributed by atoms with Crippen LogP contribution in [-0.2, 0) is 0 Å². The van der Waals surface area contributed by atoms with Crippen molar-refractivity contribution in [2.75, 3.05) is 12.8 Å². The Morgan fingerprint density at radius 1 is 1.29 bits per heavy atom. The summed E-state index contributed by atoms with van der Waals surface area (Å²) < 4.78 is 0. The quantitative estimate of drug-likeness (QED) is 0.877. The molecule has 0 aliphatic rings. The Morgan fingerprint density at radius 2 is 2.12 bits per heavy atom. The van der Waals surface area contributed by atoms with Crippen molar-refractivity contribution in [3.05, 3.63) is 58.7 Å². The van der Waals surface area contributed by atoms with E-state index in [1.54, 1.807) is 6.20 Å². The van der Waals surface area contributed by atoms with Crippen LogP contribution in [0.3, 0.4) is 0 Å². The second-order valence-corrected chi connectivity index (χ2v) is 4.19. The average molecular weight is 248 g/mol. The minimum Gasteiger partial charge on any atom is -0.383 e. The Hall–Kier alpha value is -1.58. The van der Waals surface area contributed by atoms with Crippen molar-refractivity contribution >= 4 is 17.4 Å². The van der Waals surface area contributed by atoms with Gasteiger partial charge in [-0.15, -0.1) is 0 Å². The largest absolute Gasteiger partial charge is 0.383 e. The van der Waals surface area contributed by atoms with Crippen molar-refractivity contribution in [3.63, 3.8) is 0 Å². The maximum atomic E-state index is 6.00. The Kier molecular flexibility index (Phi) is 3.61. The molecule has 0 aliphatic heterocycles. The smallest absolute Gasteiger partial charge is 0.128 e. The van der Waals surface area contributed by atoms with E-state index in [4.69, 9.17) is 17.3 Å². The molecule has 2 rings (SSSR count). The second kappa shape index (κ2) is 5.17. The first-order valence-electron chi connectivity index (χ1n) is 5.35. The molecule has 0 aliphatic carbocycles. The number of pyridine rings is 1. The molecule has 0 fully saturated rings. The highest BCUT2D eigenvalue weighted by Gasteiger charge is 2.15. The first-order chi connectivity index (χ1) is 8.22. The van der Waals surface area contributed by atoms with Gasteiger partial charge >= 0.3 is 0 Å². The average Bonchev–Trinajstić information content (AvgIpc) is 2.33. The zero-order valence-electron chi connectivity index (χ0n) is 9.52. The Bertz CT molecular complexity index is 514. The lowest BCUT2D eigenvalue weighted by atomic mass is 9.99. The van der Waals surface area contributed by atoms with Crippen LogP contribution >= 0.6 is 11.6 Å². The van der Waals surface area contributed by atoms with Crippen LogP contribution in [0.2, 0.25) is 5.02 Å². The molecule has 2 aromatic rings. The van der Waals surface area contributed by atoms with E-state index in [1.807, 2.05) is 43.4 Å². The van der Waals surface area contributed by atoms with E-state index >= 15 is 0 Å². The fraction of sp³-hybridized carbons (Fsp3) is 0.154. The summed E-state index contributed by atoms with van der Waals surface area (Å²) >= 11 is 6.00. The maximum absolute atomic E-state index is 6.00. The third-order valence-corrected chi connectivity index (χ3v) is 2.89. The molecule has 0 saturated heterocycles. The summed E-state index contributed by atoms with van der Waals surface area (Å²) in [4.78, 5) is 4.10. The van der Waals surface area contributed by atoms with Crippen LogP contribution < -0.4 is 11.1 Å².